The van der Waals surface area contributed by atoms with E-state index in [2.05, 4.69) is 53.3 Å². The summed E-state index contributed by atoms with van der Waals surface area (Å²) in [5.41, 5.74) is 3.88. The topological polar surface area (TPSA) is 189 Å². The van der Waals surface area contributed by atoms with Crippen LogP contribution in [0.4, 0.5) is 11.5 Å². The lowest BCUT2D eigenvalue weighted by Crippen LogP contribution is -2.44. The van der Waals surface area contributed by atoms with Gasteiger partial charge in [0.1, 0.15) is 18.5 Å². The zero-order chi connectivity index (χ0) is 41.1. The van der Waals surface area contributed by atoms with E-state index in [0.29, 0.717) is 84.9 Å². The fourth-order valence-electron chi connectivity index (χ4n) is 6.50. The van der Waals surface area contributed by atoms with Gasteiger partial charge in [0.15, 0.2) is 0 Å². The molecule has 310 valence electrons. The molecule has 4 heterocycles. The summed E-state index contributed by atoms with van der Waals surface area (Å²) < 4.78 is 31.6. The highest BCUT2D eigenvalue weighted by Crippen LogP contribution is 2.36. The maximum Gasteiger partial charge on any atom is 0.311 e. The summed E-state index contributed by atoms with van der Waals surface area (Å²) in [6.07, 6.45) is 1.28. The van der Waals surface area contributed by atoms with Gasteiger partial charge in [-0.15, -0.1) is 4.37 Å². The maximum atomic E-state index is 13.1. The first-order valence-corrected chi connectivity index (χ1v) is 20.3. The summed E-state index contributed by atoms with van der Waals surface area (Å²) in [5, 5.41) is 9.22. The highest BCUT2D eigenvalue weighted by molar-refractivity contribution is 6.99. The minimum Gasteiger partial charge on any atom is -0.470 e. The van der Waals surface area contributed by atoms with Crippen molar-refractivity contribution >= 4 is 58.6 Å². The van der Waals surface area contributed by atoms with Crippen molar-refractivity contribution in [1.82, 2.24) is 29.3 Å². The Labute approximate surface area is 338 Å². The summed E-state index contributed by atoms with van der Waals surface area (Å²) in [5.74, 6) is -0.188. The quantitative estimate of drug-likeness (QED) is 0.0762. The number of aryl methyl sites for hydroxylation is 1. The average molecular weight is 809 g/mol. The van der Waals surface area contributed by atoms with E-state index in [1.54, 1.807) is 24.3 Å². The van der Waals surface area contributed by atoms with Gasteiger partial charge in [-0.2, -0.15) is 4.37 Å². The van der Waals surface area contributed by atoms with Crippen molar-refractivity contribution in [3.63, 3.8) is 0 Å². The fraction of sp³-hybridized carbons (Fsp3) is 0.550. The summed E-state index contributed by atoms with van der Waals surface area (Å²) in [4.78, 5) is 59.5. The summed E-state index contributed by atoms with van der Waals surface area (Å²) in [7, 11) is 0. The number of H-pyrrole nitrogens is 1. The predicted molar refractivity (Wildman–Crippen MR) is 219 cm³/mol. The van der Waals surface area contributed by atoms with Gasteiger partial charge in [-0.1, -0.05) is 13.8 Å². The SMILES string of the molecule is CCN(CC)CCNC(=O)c1c(C)[nH]c(/C=C2\C(=O)Nc3ccc(OC(=O)CCCC(=O)O[C@@H](CNC(C)(C)C)COc4nsnc4N4CCOCC4)cc32)c1C. The molecule has 0 unspecified atom stereocenters. The number of aromatic amines is 1. The first kappa shape index (κ1) is 43.3. The van der Waals surface area contributed by atoms with Crippen molar-refractivity contribution < 1.29 is 38.1 Å². The van der Waals surface area contributed by atoms with Crippen LogP contribution in [0.3, 0.4) is 0 Å². The second kappa shape index (κ2) is 20.0. The molecule has 2 aromatic heterocycles. The van der Waals surface area contributed by atoms with E-state index in [4.69, 9.17) is 18.9 Å². The Morgan fingerprint density at radius 2 is 1.82 bits per heavy atom. The highest BCUT2D eigenvalue weighted by Gasteiger charge is 2.28. The molecule has 3 aromatic rings. The second-order valence-corrected chi connectivity index (χ2v) is 15.6. The molecular formula is C40H56N8O8S. The minimum atomic E-state index is -0.613. The van der Waals surface area contributed by atoms with Crippen LogP contribution in [0.5, 0.6) is 11.6 Å². The van der Waals surface area contributed by atoms with E-state index in [1.165, 1.54) is 0 Å². The molecule has 16 nitrogen and oxygen atoms in total. The summed E-state index contributed by atoms with van der Waals surface area (Å²) in [6, 6.07) is 4.91. The average Bonchev–Trinajstić information content (AvgIpc) is 3.85. The molecule has 1 saturated heterocycles. The van der Waals surface area contributed by atoms with Crippen LogP contribution in [-0.2, 0) is 23.9 Å². The number of nitrogens with zero attached hydrogens (tertiary/aromatic N) is 4. The van der Waals surface area contributed by atoms with Gasteiger partial charge in [-0.3, -0.25) is 19.2 Å². The molecular weight excluding hydrogens is 753 g/mol. The van der Waals surface area contributed by atoms with Gasteiger partial charge in [0.25, 0.3) is 17.7 Å². The standard InChI is InChI=1S/C40H56N8O8S/c1-8-47(9-2)16-15-41-38(52)35-25(3)32(43-26(35)4)22-30-29-21-27(13-14-31(29)44-37(30)51)55-33(49)11-10-12-34(50)56-28(23-42-40(5,6)7)24-54-39-36(45-57-46-39)48-17-19-53-20-18-48/h13-14,21-22,28,42-43H,8-12,15-20,23-24H2,1-7H3,(H,41,52)(H,44,51)/b30-22-/t28-/m0/s1. The van der Waals surface area contributed by atoms with Crippen LogP contribution in [0.1, 0.15) is 86.8 Å². The number of anilines is 2. The van der Waals surface area contributed by atoms with E-state index in [9.17, 15) is 19.2 Å². The van der Waals surface area contributed by atoms with E-state index in [-0.39, 0.29) is 49.0 Å². The zero-order valence-corrected chi connectivity index (χ0v) is 34.9. The summed E-state index contributed by atoms with van der Waals surface area (Å²) in [6.45, 7) is 20.0. The van der Waals surface area contributed by atoms with Gasteiger partial charge in [0, 0.05) is 73.7 Å². The first-order chi connectivity index (χ1) is 27.3. The van der Waals surface area contributed by atoms with Gasteiger partial charge in [-0.25, -0.2) is 0 Å². The monoisotopic (exact) mass is 808 g/mol. The third-order valence-electron chi connectivity index (χ3n) is 9.68. The van der Waals surface area contributed by atoms with Crippen molar-refractivity contribution in [2.45, 2.75) is 79.4 Å². The van der Waals surface area contributed by atoms with E-state index in [1.807, 2.05) is 34.6 Å². The number of amides is 2. The lowest BCUT2D eigenvalue weighted by Gasteiger charge is -2.27. The van der Waals surface area contributed by atoms with Gasteiger partial charge in [-0.05, 0) is 84.0 Å². The van der Waals surface area contributed by atoms with Crippen LogP contribution < -0.4 is 30.3 Å². The molecule has 0 bridgehead atoms. The number of carbonyl (C=O) groups excluding carboxylic acids is 4. The number of rotatable bonds is 19. The van der Waals surface area contributed by atoms with Crippen molar-refractivity contribution in [1.29, 1.82) is 0 Å². The Kier molecular flexibility index (Phi) is 15.2. The molecule has 1 atom stereocenters. The van der Waals surface area contributed by atoms with Crippen molar-refractivity contribution in [3.8, 4) is 11.6 Å². The maximum absolute atomic E-state index is 13.1. The number of esters is 2. The number of morpholine rings is 1. The molecule has 57 heavy (non-hydrogen) atoms. The van der Waals surface area contributed by atoms with Crippen molar-refractivity contribution in [2.75, 3.05) is 75.9 Å². The van der Waals surface area contributed by atoms with Crippen molar-refractivity contribution in [2.24, 2.45) is 0 Å². The molecule has 4 N–H and O–H groups in total. The Morgan fingerprint density at radius 3 is 2.54 bits per heavy atom. The molecule has 2 aliphatic rings. The lowest BCUT2D eigenvalue weighted by molar-refractivity contribution is -0.150. The van der Waals surface area contributed by atoms with Gasteiger partial charge in [0.2, 0.25) is 5.82 Å². The van der Waals surface area contributed by atoms with Gasteiger partial charge >= 0.3 is 11.9 Å². The number of hydrogen-bond donors (Lipinski definition) is 4. The molecule has 0 spiro atoms. The van der Waals surface area contributed by atoms with Crippen LogP contribution in [-0.4, -0.2) is 120 Å². The lowest BCUT2D eigenvalue weighted by atomic mass is 10.0. The molecule has 0 aliphatic carbocycles. The number of carbonyl (C=O) groups is 4. The van der Waals surface area contributed by atoms with Crippen LogP contribution >= 0.6 is 11.7 Å². The fourth-order valence-corrected chi connectivity index (χ4v) is 7.02. The number of hydrogen-bond acceptors (Lipinski definition) is 14. The molecule has 2 aliphatic heterocycles. The predicted octanol–water partition coefficient (Wildman–Crippen LogP) is 4.34. The smallest absolute Gasteiger partial charge is 0.311 e. The highest BCUT2D eigenvalue weighted by atomic mass is 32.1. The molecule has 17 heteroatoms. The Balaban J connectivity index is 1.15. The largest absolute Gasteiger partial charge is 0.470 e. The molecule has 2 amide bonds. The molecule has 0 radical (unpaired) electrons. The van der Waals surface area contributed by atoms with E-state index in [0.717, 1.165) is 36.9 Å². The first-order valence-electron chi connectivity index (χ1n) is 19.6. The number of fused-ring (bicyclic) bond motifs is 1. The Hall–Kier alpha value is -4.84. The van der Waals surface area contributed by atoms with Crippen LogP contribution in [0.15, 0.2) is 18.2 Å². The van der Waals surface area contributed by atoms with Gasteiger partial charge in [0.05, 0.1) is 36.1 Å². The van der Waals surface area contributed by atoms with E-state index >= 15 is 0 Å². The number of nitrogens with one attached hydrogen (secondary N) is 4. The summed E-state index contributed by atoms with van der Waals surface area (Å²) >= 11 is 1.06. The molecule has 0 saturated carbocycles. The normalized spacial score (nSPS) is 15.4. The van der Waals surface area contributed by atoms with Crippen molar-refractivity contribution in [3.05, 3.63) is 46.3 Å². The zero-order valence-electron chi connectivity index (χ0n) is 34.0. The van der Waals surface area contributed by atoms with E-state index < -0.39 is 18.0 Å². The Bertz CT molecular complexity index is 1910. The van der Waals surface area contributed by atoms with Gasteiger partial charge < -0.3 is 49.7 Å². The van der Waals surface area contributed by atoms with Crippen LogP contribution in [0.25, 0.3) is 11.6 Å². The molecule has 1 fully saturated rings. The number of benzene rings is 1. The number of ether oxygens (including phenoxy) is 4. The third-order valence-corrected chi connectivity index (χ3v) is 10.2. The number of aromatic nitrogens is 3. The minimum absolute atomic E-state index is 0.00124. The third kappa shape index (κ3) is 12.1. The molecule has 1 aromatic carbocycles. The van der Waals surface area contributed by atoms with Crippen LogP contribution in [0.2, 0.25) is 0 Å². The molecule has 5 rings (SSSR count). The second-order valence-electron chi connectivity index (χ2n) is 15.0. The number of likely N-dealkylation sites (N-methyl/N-ethyl adjacent to an activating group) is 1. The Morgan fingerprint density at radius 1 is 1.09 bits per heavy atom. The van der Waals surface area contributed by atoms with Crippen LogP contribution in [0, 0.1) is 13.8 Å².